The summed E-state index contributed by atoms with van der Waals surface area (Å²) in [5.41, 5.74) is 7.05. The van der Waals surface area contributed by atoms with E-state index in [0.29, 0.717) is 5.56 Å². The number of hydrogen-bond donors (Lipinski definition) is 1. The molecule has 1 amide bonds. The monoisotopic (exact) mass is 392 g/mol. The lowest BCUT2D eigenvalue weighted by Gasteiger charge is -2.29. The highest BCUT2D eigenvalue weighted by Crippen LogP contribution is 2.25. The molecule has 144 valence electrons. The Balaban J connectivity index is 1.54. The summed E-state index contributed by atoms with van der Waals surface area (Å²) in [4.78, 5) is 24.3. The number of benzene rings is 2. The first-order chi connectivity index (χ1) is 13.5. The quantitative estimate of drug-likeness (QED) is 0.718. The van der Waals surface area contributed by atoms with E-state index in [2.05, 4.69) is 32.3 Å². The molecule has 0 aliphatic carbocycles. The van der Waals surface area contributed by atoms with E-state index in [1.165, 1.54) is 17.2 Å². The Morgan fingerprint density at radius 2 is 1.68 bits per heavy atom. The Labute approximate surface area is 169 Å². The summed E-state index contributed by atoms with van der Waals surface area (Å²) in [5, 5.41) is 3.04. The molecule has 0 bridgehead atoms. The summed E-state index contributed by atoms with van der Waals surface area (Å²) in [7, 11) is 0. The molecule has 4 rings (SSSR count). The minimum atomic E-state index is -0.132. The smallest absolute Gasteiger partial charge is 0.255 e. The van der Waals surface area contributed by atoms with Gasteiger partial charge in [-0.3, -0.25) is 4.79 Å². The maximum atomic E-state index is 12.8. The van der Waals surface area contributed by atoms with Crippen LogP contribution in [0.4, 0.5) is 11.4 Å². The van der Waals surface area contributed by atoms with Crippen LogP contribution in [-0.2, 0) is 0 Å². The third-order valence-electron chi connectivity index (χ3n) is 5.17. The summed E-state index contributed by atoms with van der Waals surface area (Å²) in [6, 6.07) is 11.7. The van der Waals surface area contributed by atoms with Crippen LogP contribution in [0.25, 0.3) is 11.0 Å². The zero-order chi connectivity index (χ0) is 19.7. The number of thioether (sulfide) groups is 1. The summed E-state index contributed by atoms with van der Waals surface area (Å²) < 4.78 is 0. The maximum Gasteiger partial charge on any atom is 0.255 e. The highest BCUT2D eigenvalue weighted by atomic mass is 32.2. The number of aromatic nitrogens is 2. The van der Waals surface area contributed by atoms with Crippen LogP contribution in [0, 0.1) is 20.8 Å². The first-order valence-electron chi connectivity index (χ1n) is 9.51. The van der Waals surface area contributed by atoms with Gasteiger partial charge in [0.15, 0.2) is 0 Å². The second-order valence-electron chi connectivity index (χ2n) is 7.15. The largest absolute Gasteiger partial charge is 0.370 e. The molecule has 3 aromatic rings. The summed E-state index contributed by atoms with van der Waals surface area (Å²) in [6.07, 6.45) is 0. The summed E-state index contributed by atoms with van der Waals surface area (Å²) >= 11 is 2.00. The number of rotatable bonds is 3. The number of nitrogens with one attached hydrogen (secondary N) is 1. The van der Waals surface area contributed by atoms with Crippen LogP contribution in [0.1, 0.15) is 27.3 Å². The van der Waals surface area contributed by atoms with Crippen molar-refractivity contribution in [1.29, 1.82) is 0 Å². The van der Waals surface area contributed by atoms with E-state index in [9.17, 15) is 4.79 Å². The molecule has 28 heavy (non-hydrogen) atoms. The van der Waals surface area contributed by atoms with E-state index >= 15 is 0 Å². The van der Waals surface area contributed by atoms with Crippen LogP contribution in [0.5, 0.6) is 0 Å². The molecular formula is C22H24N4OS. The molecule has 1 aliphatic rings. The van der Waals surface area contributed by atoms with Crippen molar-refractivity contribution in [3.63, 3.8) is 0 Å². The fraction of sp³-hybridized carbons (Fsp3) is 0.318. The Morgan fingerprint density at radius 3 is 2.39 bits per heavy atom. The molecule has 1 aliphatic heterocycles. The first kappa shape index (κ1) is 18.7. The van der Waals surface area contributed by atoms with Gasteiger partial charge >= 0.3 is 0 Å². The van der Waals surface area contributed by atoms with E-state index in [4.69, 9.17) is 0 Å². The van der Waals surface area contributed by atoms with Crippen molar-refractivity contribution in [2.75, 3.05) is 34.8 Å². The van der Waals surface area contributed by atoms with Crippen molar-refractivity contribution < 1.29 is 4.79 Å². The average molecular weight is 393 g/mol. The van der Waals surface area contributed by atoms with E-state index in [-0.39, 0.29) is 5.91 Å². The molecule has 1 fully saturated rings. The molecule has 1 aromatic heterocycles. The molecule has 1 saturated heterocycles. The minimum absolute atomic E-state index is 0.132. The number of nitrogens with zero attached hydrogens (tertiary/aromatic N) is 3. The molecule has 5 nitrogen and oxygen atoms in total. The van der Waals surface area contributed by atoms with Crippen LogP contribution >= 0.6 is 11.8 Å². The number of carbonyl (C=O) groups excluding carboxylic acids is 1. The van der Waals surface area contributed by atoms with Crippen LogP contribution < -0.4 is 10.2 Å². The molecule has 0 unspecified atom stereocenters. The highest BCUT2D eigenvalue weighted by Gasteiger charge is 2.14. The molecule has 0 atom stereocenters. The zero-order valence-corrected chi connectivity index (χ0v) is 17.3. The van der Waals surface area contributed by atoms with Gasteiger partial charge in [0, 0.05) is 41.5 Å². The number of amides is 1. The Morgan fingerprint density at radius 1 is 0.964 bits per heavy atom. The van der Waals surface area contributed by atoms with Gasteiger partial charge in [0.2, 0.25) is 0 Å². The van der Waals surface area contributed by atoms with Gasteiger partial charge in [-0.25, -0.2) is 9.97 Å². The molecular weight excluding hydrogens is 368 g/mol. The van der Waals surface area contributed by atoms with Gasteiger partial charge in [0.1, 0.15) is 0 Å². The maximum absolute atomic E-state index is 12.8. The van der Waals surface area contributed by atoms with Crippen molar-refractivity contribution in [1.82, 2.24) is 9.97 Å². The van der Waals surface area contributed by atoms with Crippen LogP contribution in [0.15, 0.2) is 36.4 Å². The molecule has 6 heteroatoms. The van der Waals surface area contributed by atoms with Gasteiger partial charge in [0.25, 0.3) is 5.91 Å². The van der Waals surface area contributed by atoms with Crippen LogP contribution in [-0.4, -0.2) is 40.5 Å². The highest BCUT2D eigenvalue weighted by molar-refractivity contribution is 7.99. The van der Waals surface area contributed by atoms with Crippen LogP contribution in [0.3, 0.4) is 0 Å². The van der Waals surface area contributed by atoms with Crippen LogP contribution in [0.2, 0.25) is 0 Å². The molecule has 0 saturated carbocycles. The third-order valence-corrected chi connectivity index (χ3v) is 6.11. The molecule has 2 aromatic carbocycles. The topological polar surface area (TPSA) is 58.1 Å². The zero-order valence-electron chi connectivity index (χ0n) is 16.5. The normalized spacial score (nSPS) is 14.3. The average Bonchev–Trinajstić information content (AvgIpc) is 2.70. The third kappa shape index (κ3) is 3.83. The fourth-order valence-electron chi connectivity index (χ4n) is 3.37. The molecule has 0 spiro atoms. The van der Waals surface area contributed by atoms with Gasteiger partial charge in [-0.05, 0) is 62.7 Å². The number of aryl methyl sites for hydroxylation is 3. The van der Waals surface area contributed by atoms with Gasteiger partial charge in [-0.1, -0.05) is 0 Å². The number of hydrogen-bond acceptors (Lipinski definition) is 5. The predicted molar refractivity (Wildman–Crippen MR) is 118 cm³/mol. The van der Waals surface area contributed by atoms with Gasteiger partial charge in [-0.15, -0.1) is 0 Å². The lowest BCUT2D eigenvalue weighted by molar-refractivity contribution is 0.102. The Hall–Kier alpha value is -2.60. The van der Waals surface area contributed by atoms with E-state index in [0.717, 1.165) is 46.8 Å². The van der Waals surface area contributed by atoms with Crippen molar-refractivity contribution in [2.24, 2.45) is 0 Å². The lowest BCUT2D eigenvalue weighted by atomic mass is 10.1. The standard InChI is InChI=1S/C22H24N4OS/c1-14-12-18(26-8-10-28-11-9-26)5-7-19(14)25-22(27)17-4-6-20-21(13-17)24-16(3)15(2)23-20/h4-7,12-13H,8-11H2,1-3H3,(H,25,27). The second-order valence-corrected chi connectivity index (χ2v) is 8.38. The Kier molecular flexibility index (Phi) is 5.22. The predicted octanol–water partition coefficient (Wildman–Crippen LogP) is 4.36. The van der Waals surface area contributed by atoms with Crippen molar-refractivity contribution >= 4 is 40.1 Å². The number of anilines is 2. The number of carbonyl (C=O) groups is 1. The summed E-state index contributed by atoms with van der Waals surface area (Å²) in [6.45, 7) is 8.06. The minimum Gasteiger partial charge on any atom is -0.370 e. The Bertz CT molecular complexity index is 1040. The van der Waals surface area contributed by atoms with Crippen molar-refractivity contribution in [3.05, 3.63) is 58.9 Å². The molecule has 0 radical (unpaired) electrons. The fourth-order valence-corrected chi connectivity index (χ4v) is 4.28. The van der Waals surface area contributed by atoms with E-state index < -0.39 is 0 Å². The van der Waals surface area contributed by atoms with Gasteiger partial charge < -0.3 is 10.2 Å². The van der Waals surface area contributed by atoms with Crippen molar-refractivity contribution in [2.45, 2.75) is 20.8 Å². The van der Waals surface area contributed by atoms with E-state index in [1.54, 1.807) is 12.1 Å². The van der Waals surface area contributed by atoms with Gasteiger partial charge in [-0.2, -0.15) is 11.8 Å². The van der Waals surface area contributed by atoms with Crippen molar-refractivity contribution in [3.8, 4) is 0 Å². The molecule has 1 N–H and O–H groups in total. The van der Waals surface area contributed by atoms with Gasteiger partial charge in [0.05, 0.1) is 22.4 Å². The second kappa shape index (κ2) is 7.80. The SMILES string of the molecule is Cc1cc(N2CCSCC2)ccc1NC(=O)c1ccc2nc(C)c(C)nc2c1. The number of fused-ring (bicyclic) bond motifs is 1. The van der Waals surface area contributed by atoms with E-state index in [1.807, 2.05) is 44.7 Å². The lowest BCUT2D eigenvalue weighted by Crippen LogP contribution is -2.32. The summed E-state index contributed by atoms with van der Waals surface area (Å²) in [5.74, 6) is 2.20. The first-order valence-corrected chi connectivity index (χ1v) is 10.7. The molecule has 2 heterocycles.